The van der Waals surface area contributed by atoms with Gasteiger partial charge in [-0.1, -0.05) is 61.0 Å². The minimum absolute atomic E-state index is 0.0205. The molecule has 220 valence electrons. The lowest BCUT2D eigenvalue weighted by atomic mass is 9.33. The Morgan fingerprint density at radius 2 is 1.64 bits per heavy atom. The minimum Gasteiger partial charge on any atom is -0.481 e. The van der Waals surface area contributed by atoms with Crippen LogP contribution < -0.4 is 0 Å². The maximum absolute atomic E-state index is 14.5. The number of carbonyl (C=O) groups excluding carboxylic acids is 1. The second-order valence-corrected chi connectivity index (χ2v) is 17.0. The molecule has 4 nitrogen and oxygen atoms in total. The van der Waals surface area contributed by atoms with Crippen LogP contribution in [0.15, 0.2) is 11.6 Å². The molecule has 0 amide bonds. The van der Waals surface area contributed by atoms with Crippen LogP contribution in [0.5, 0.6) is 0 Å². The van der Waals surface area contributed by atoms with E-state index < -0.39 is 11.4 Å². The molecule has 0 aromatic heterocycles. The van der Waals surface area contributed by atoms with E-state index in [-0.39, 0.29) is 45.0 Å². The number of rotatable bonds is 5. The van der Waals surface area contributed by atoms with Crippen LogP contribution in [-0.2, 0) is 14.3 Å². The van der Waals surface area contributed by atoms with Gasteiger partial charge in [0.25, 0.3) is 0 Å². The highest BCUT2D eigenvalue weighted by Crippen LogP contribution is 2.75. The Morgan fingerprint density at radius 3 is 2.28 bits per heavy atom. The van der Waals surface area contributed by atoms with Crippen molar-refractivity contribution in [2.45, 2.75) is 133 Å². The fourth-order valence-electron chi connectivity index (χ4n) is 11.1. The number of fused-ring (bicyclic) bond motifs is 7. The number of ketones is 1. The molecule has 1 N–H and O–H groups in total. The van der Waals surface area contributed by atoms with E-state index in [2.05, 4.69) is 61.5 Å². The van der Waals surface area contributed by atoms with Crippen LogP contribution in [0, 0.1) is 56.2 Å². The van der Waals surface area contributed by atoms with Gasteiger partial charge in [0.1, 0.15) is 0 Å². The summed E-state index contributed by atoms with van der Waals surface area (Å²) in [6.07, 6.45) is 12.3. The number of carbonyl (C=O) groups is 2. The number of hydrogen-bond donors (Lipinski definition) is 1. The Morgan fingerprint density at radius 1 is 0.974 bits per heavy atom. The van der Waals surface area contributed by atoms with Crippen LogP contribution in [0.4, 0.5) is 0 Å². The molecule has 1 unspecified atom stereocenters. The topological polar surface area (TPSA) is 63.6 Å². The lowest BCUT2D eigenvalue weighted by Gasteiger charge is -2.70. The molecule has 0 aromatic rings. The van der Waals surface area contributed by atoms with Gasteiger partial charge in [0.05, 0.1) is 11.5 Å². The highest BCUT2D eigenvalue weighted by molar-refractivity contribution is 5.95. The van der Waals surface area contributed by atoms with E-state index in [0.29, 0.717) is 24.0 Å². The van der Waals surface area contributed by atoms with Crippen molar-refractivity contribution < 1.29 is 19.4 Å². The van der Waals surface area contributed by atoms with Crippen LogP contribution in [0.3, 0.4) is 0 Å². The molecule has 0 aliphatic heterocycles. The molecule has 5 aliphatic rings. The van der Waals surface area contributed by atoms with Crippen molar-refractivity contribution in [2.24, 2.45) is 56.2 Å². The van der Waals surface area contributed by atoms with Gasteiger partial charge in [-0.3, -0.25) is 9.59 Å². The van der Waals surface area contributed by atoms with Crippen molar-refractivity contribution in [2.75, 3.05) is 6.61 Å². The smallest absolute Gasteiger partial charge is 0.309 e. The molecule has 0 radical (unpaired) electrons. The molecule has 0 heterocycles. The molecule has 4 heteroatoms. The third-order valence-corrected chi connectivity index (χ3v) is 14.0. The highest BCUT2D eigenvalue weighted by Gasteiger charge is 2.70. The average Bonchev–Trinajstić information content (AvgIpc) is 2.82. The Hall–Kier alpha value is -1.16. The van der Waals surface area contributed by atoms with E-state index in [1.165, 1.54) is 5.57 Å². The summed E-state index contributed by atoms with van der Waals surface area (Å²) in [6.45, 7) is 21.8. The fraction of sp³-hybridized carbons (Fsp3) is 0.886. The summed E-state index contributed by atoms with van der Waals surface area (Å²) in [5.41, 5.74) is 0.533. The van der Waals surface area contributed by atoms with E-state index >= 15 is 0 Å². The van der Waals surface area contributed by atoms with E-state index in [1.807, 2.05) is 6.92 Å². The first-order valence-electron chi connectivity index (χ1n) is 16.1. The lowest BCUT2D eigenvalue weighted by molar-refractivity contribution is -0.209. The number of carboxylic acids is 1. The van der Waals surface area contributed by atoms with Gasteiger partial charge < -0.3 is 9.84 Å². The molecule has 4 fully saturated rings. The molecule has 0 aromatic carbocycles. The first-order chi connectivity index (χ1) is 17.9. The Kier molecular flexibility index (Phi) is 6.90. The van der Waals surface area contributed by atoms with Gasteiger partial charge >= 0.3 is 5.97 Å². The third-order valence-electron chi connectivity index (χ3n) is 14.0. The second-order valence-electron chi connectivity index (χ2n) is 17.0. The molecule has 0 saturated heterocycles. The predicted molar refractivity (Wildman–Crippen MR) is 156 cm³/mol. The molecule has 5 aliphatic carbocycles. The van der Waals surface area contributed by atoms with Crippen LogP contribution >= 0.6 is 0 Å². The summed E-state index contributed by atoms with van der Waals surface area (Å²) >= 11 is 0. The van der Waals surface area contributed by atoms with E-state index in [9.17, 15) is 14.7 Å². The number of ether oxygens (including phenoxy) is 1. The van der Waals surface area contributed by atoms with Crippen LogP contribution in [-0.4, -0.2) is 29.6 Å². The molecular formula is C35H56O4. The van der Waals surface area contributed by atoms with Crippen LogP contribution in [0.1, 0.15) is 127 Å². The van der Waals surface area contributed by atoms with Gasteiger partial charge in [-0.2, -0.15) is 0 Å². The zero-order chi connectivity index (χ0) is 28.8. The first kappa shape index (κ1) is 29.3. The van der Waals surface area contributed by atoms with Gasteiger partial charge in [-0.15, -0.1) is 0 Å². The summed E-state index contributed by atoms with van der Waals surface area (Å²) in [7, 11) is 0. The Balaban J connectivity index is 1.51. The van der Waals surface area contributed by atoms with Crippen molar-refractivity contribution in [1.29, 1.82) is 0 Å². The molecule has 0 spiro atoms. The van der Waals surface area contributed by atoms with Crippen molar-refractivity contribution in [3.63, 3.8) is 0 Å². The normalized spacial score (nSPS) is 48.9. The Labute approximate surface area is 238 Å². The fourth-order valence-corrected chi connectivity index (χ4v) is 11.1. The number of hydrogen-bond acceptors (Lipinski definition) is 3. The van der Waals surface area contributed by atoms with Crippen LogP contribution in [0.25, 0.3) is 0 Å². The van der Waals surface area contributed by atoms with Crippen molar-refractivity contribution in [3.05, 3.63) is 11.6 Å². The summed E-state index contributed by atoms with van der Waals surface area (Å²) in [6, 6.07) is 0. The molecular weight excluding hydrogens is 484 g/mol. The van der Waals surface area contributed by atoms with Gasteiger partial charge in [-0.05, 0) is 122 Å². The van der Waals surface area contributed by atoms with Gasteiger partial charge in [0, 0.05) is 12.5 Å². The summed E-state index contributed by atoms with van der Waals surface area (Å²) in [4.78, 5) is 26.8. The van der Waals surface area contributed by atoms with Gasteiger partial charge in [0.15, 0.2) is 5.78 Å². The summed E-state index contributed by atoms with van der Waals surface area (Å²) < 4.78 is 6.56. The maximum atomic E-state index is 14.5. The third kappa shape index (κ3) is 4.07. The van der Waals surface area contributed by atoms with E-state index in [1.54, 1.807) is 0 Å². The minimum atomic E-state index is -0.703. The standard InChI is InChI=1S/C35H56O4/c1-22(2)12-19-39-27-11-13-33(7)26(30(27,3)4)10-14-35(9)28(33)25(36)20-23-24-21-32(6,29(37)38)16-15-31(24,5)17-18-34(23,35)8/h20,22,24,26-28H,10-19,21H2,1-9H3,(H,37,38)/t24-,26+,27+,28?,31-,32+,33+,34-,35-/m1/s1. The Bertz CT molecular complexity index is 1060. The summed E-state index contributed by atoms with van der Waals surface area (Å²) in [5.74, 6) is 0.966. The summed E-state index contributed by atoms with van der Waals surface area (Å²) in [5, 5.41) is 10.1. The number of carboxylic acid groups (broad SMARTS) is 1. The monoisotopic (exact) mass is 540 g/mol. The zero-order valence-electron chi connectivity index (χ0n) is 26.4. The van der Waals surface area contributed by atoms with Crippen molar-refractivity contribution in [3.8, 4) is 0 Å². The van der Waals surface area contributed by atoms with E-state index in [0.717, 1.165) is 64.4 Å². The lowest BCUT2D eigenvalue weighted by Crippen LogP contribution is -2.66. The largest absolute Gasteiger partial charge is 0.481 e. The van der Waals surface area contributed by atoms with E-state index in [4.69, 9.17) is 4.74 Å². The molecule has 5 rings (SSSR count). The van der Waals surface area contributed by atoms with Crippen molar-refractivity contribution in [1.82, 2.24) is 0 Å². The first-order valence-corrected chi connectivity index (χ1v) is 16.1. The molecule has 0 bridgehead atoms. The average molecular weight is 541 g/mol. The highest BCUT2D eigenvalue weighted by atomic mass is 16.5. The number of allylic oxidation sites excluding steroid dienone is 2. The van der Waals surface area contributed by atoms with Crippen molar-refractivity contribution >= 4 is 11.8 Å². The van der Waals surface area contributed by atoms with Gasteiger partial charge in [-0.25, -0.2) is 0 Å². The van der Waals surface area contributed by atoms with Crippen LogP contribution in [0.2, 0.25) is 0 Å². The molecule has 4 saturated carbocycles. The molecule has 39 heavy (non-hydrogen) atoms. The molecule has 9 atom stereocenters. The zero-order valence-corrected chi connectivity index (χ0v) is 26.4. The second kappa shape index (κ2) is 9.17. The maximum Gasteiger partial charge on any atom is 0.309 e. The quantitative estimate of drug-likeness (QED) is 0.380. The van der Waals surface area contributed by atoms with Gasteiger partial charge in [0.2, 0.25) is 0 Å². The SMILES string of the molecule is CC(C)CCO[C@H]1CC[C@]2(C)C3C(=O)C=C4[C@H]5C[C@@](C)(C(=O)O)CC[C@]5(C)CC[C@@]4(C)[C@]3(C)CC[C@H]2C1(C)C. The number of aliphatic carboxylic acids is 1. The predicted octanol–water partition coefficient (Wildman–Crippen LogP) is 8.48.